The van der Waals surface area contributed by atoms with Crippen molar-refractivity contribution in [3.8, 4) is 11.5 Å². The van der Waals surface area contributed by atoms with Crippen molar-refractivity contribution in [3.63, 3.8) is 0 Å². The quantitative estimate of drug-likeness (QED) is 0.784. The monoisotopic (exact) mass is 348 g/mol. The highest BCUT2D eigenvalue weighted by Crippen LogP contribution is 2.30. The third-order valence-corrected chi connectivity index (χ3v) is 3.26. The molecular weight excluding hydrogens is 337 g/mol. The Hall–Kier alpha value is -3.23. The standard InChI is InChI=1S/C16H11F3N4O2/c17-16(18,19)12-3-1-11(2-4-12)15-23-8-13(25-15)14(24)22-7-10-5-20-9-21-6-10/h1-6,8-9H,7H2,(H,22,24). The molecule has 128 valence electrons. The SMILES string of the molecule is O=C(NCc1cncnc1)c1cnc(-c2ccc(C(F)(F)F)cc2)o1. The van der Waals surface area contributed by atoms with Crippen LogP contribution in [-0.2, 0) is 12.7 Å². The molecule has 0 aliphatic heterocycles. The lowest BCUT2D eigenvalue weighted by Crippen LogP contribution is -2.22. The Kier molecular flexibility index (Phi) is 4.46. The molecule has 9 heteroatoms. The molecule has 3 rings (SSSR count). The number of alkyl halides is 3. The average Bonchev–Trinajstić information content (AvgIpc) is 3.10. The summed E-state index contributed by atoms with van der Waals surface area (Å²) in [6.07, 6.45) is 1.28. The molecule has 2 heterocycles. The molecule has 0 saturated heterocycles. The van der Waals surface area contributed by atoms with Gasteiger partial charge in [-0.1, -0.05) is 0 Å². The zero-order chi connectivity index (χ0) is 17.9. The molecule has 25 heavy (non-hydrogen) atoms. The van der Waals surface area contributed by atoms with Crippen LogP contribution >= 0.6 is 0 Å². The van der Waals surface area contributed by atoms with Crippen molar-refractivity contribution in [2.45, 2.75) is 12.7 Å². The fourth-order valence-electron chi connectivity index (χ4n) is 2.01. The summed E-state index contributed by atoms with van der Waals surface area (Å²) in [6.45, 7) is 0.204. The van der Waals surface area contributed by atoms with E-state index in [1.807, 2.05) is 0 Å². The van der Waals surface area contributed by atoms with Gasteiger partial charge in [-0.05, 0) is 24.3 Å². The highest BCUT2D eigenvalue weighted by atomic mass is 19.4. The lowest BCUT2D eigenvalue weighted by Gasteiger charge is -2.06. The van der Waals surface area contributed by atoms with Gasteiger partial charge in [0, 0.05) is 30.1 Å². The van der Waals surface area contributed by atoms with Crippen LogP contribution in [0.2, 0.25) is 0 Å². The number of amides is 1. The third kappa shape index (κ3) is 4.00. The molecule has 0 unspecified atom stereocenters. The van der Waals surface area contributed by atoms with Gasteiger partial charge in [0.2, 0.25) is 11.7 Å². The summed E-state index contributed by atoms with van der Waals surface area (Å²) >= 11 is 0. The Morgan fingerprint density at radius 3 is 2.40 bits per heavy atom. The fourth-order valence-corrected chi connectivity index (χ4v) is 2.01. The second-order valence-corrected chi connectivity index (χ2v) is 5.03. The highest BCUT2D eigenvalue weighted by Gasteiger charge is 2.30. The Morgan fingerprint density at radius 1 is 1.08 bits per heavy atom. The molecule has 1 amide bonds. The smallest absolute Gasteiger partial charge is 0.416 e. The van der Waals surface area contributed by atoms with Gasteiger partial charge in [0.1, 0.15) is 6.33 Å². The number of aromatic nitrogens is 3. The van der Waals surface area contributed by atoms with Crippen molar-refractivity contribution in [1.29, 1.82) is 0 Å². The lowest BCUT2D eigenvalue weighted by atomic mass is 10.1. The van der Waals surface area contributed by atoms with Crippen LogP contribution in [0.1, 0.15) is 21.7 Å². The van der Waals surface area contributed by atoms with E-state index < -0.39 is 17.6 Å². The van der Waals surface area contributed by atoms with Crippen LogP contribution in [0.15, 0.2) is 53.6 Å². The number of nitrogens with one attached hydrogen (secondary N) is 1. The molecule has 0 bridgehead atoms. The number of hydrogen-bond donors (Lipinski definition) is 1. The van der Waals surface area contributed by atoms with Crippen LogP contribution in [0.25, 0.3) is 11.5 Å². The van der Waals surface area contributed by atoms with Gasteiger partial charge >= 0.3 is 6.18 Å². The Morgan fingerprint density at radius 2 is 1.76 bits per heavy atom. The summed E-state index contributed by atoms with van der Waals surface area (Å²) in [7, 11) is 0. The predicted octanol–water partition coefficient (Wildman–Crippen LogP) is 3.08. The second-order valence-electron chi connectivity index (χ2n) is 5.03. The number of benzene rings is 1. The first-order valence-corrected chi connectivity index (χ1v) is 7.09. The molecule has 6 nitrogen and oxygen atoms in total. The molecular formula is C16H11F3N4O2. The van der Waals surface area contributed by atoms with Gasteiger partial charge in [-0.3, -0.25) is 4.79 Å². The van der Waals surface area contributed by atoms with E-state index in [9.17, 15) is 18.0 Å². The van der Waals surface area contributed by atoms with Gasteiger partial charge in [0.15, 0.2) is 0 Å². The molecule has 1 N–H and O–H groups in total. The van der Waals surface area contributed by atoms with Gasteiger partial charge in [-0.2, -0.15) is 13.2 Å². The minimum absolute atomic E-state index is 0.0493. The summed E-state index contributed by atoms with van der Waals surface area (Å²) in [6, 6.07) is 4.32. The van der Waals surface area contributed by atoms with Crippen LogP contribution in [0.5, 0.6) is 0 Å². The molecule has 0 radical (unpaired) electrons. The number of carbonyl (C=O) groups is 1. The number of carbonyl (C=O) groups excluding carboxylic acids is 1. The van der Waals surface area contributed by atoms with Gasteiger partial charge in [-0.15, -0.1) is 0 Å². The van der Waals surface area contributed by atoms with Gasteiger partial charge in [0.05, 0.1) is 11.8 Å². The van der Waals surface area contributed by atoms with Gasteiger partial charge in [0.25, 0.3) is 5.91 Å². The second kappa shape index (κ2) is 6.71. The summed E-state index contributed by atoms with van der Waals surface area (Å²) in [5.74, 6) is -0.497. The van der Waals surface area contributed by atoms with Crippen molar-refractivity contribution in [2.24, 2.45) is 0 Å². The molecule has 0 fully saturated rings. The molecule has 0 atom stereocenters. The van der Waals surface area contributed by atoms with Crippen LogP contribution in [-0.4, -0.2) is 20.9 Å². The van der Waals surface area contributed by atoms with Crippen molar-refractivity contribution in [2.75, 3.05) is 0 Å². The zero-order valence-corrected chi connectivity index (χ0v) is 12.6. The molecule has 0 spiro atoms. The minimum atomic E-state index is -4.42. The first-order valence-electron chi connectivity index (χ1n) is 7.09. The van der Waals surface area contributed by atoms with Crippen molar-refractivity contribution in [1.82, 2.24) is 20.3 Å². The zero-order valence-electron chi connectivity index (χ0n) is 12.6. The van der Waals surface area contributed by atoms with Crippen molar-refractivity contribution < 1.29 is 22.4 Å². The van der Waals surface area contributed by atoms with E-state index in [0.29, 0.717) is 11.1 Å². The molecule has 0 aliphatic rings. The van der Waals surface area contributed by atoms with E-state index in [-0.39, 0.29) is 18.2 Å². The Bertz CT molecular complexity index is 861. The first kappa shape index (κ1) is 16.6. The summed E-state index contributed by atoms with van der Waals surface area (Å²) in [5.41, 5.74) is 0.271. The van der Waals surface area contributed by atoms with Crippen LogP contribution in [0.4, 0.5) is 13.2 Å². The minimum Gasteiger partial charge on any atom is -0.431 e. The molecule has 2 aromatic heterocycles. The number of halogens is 3. The number of hydrogen-bond acceptors (Lipinski definition) is 5. The lowest BCUT2D eigenvalue weighted by molar-refractivity contribution is -0.137. The van der Waals surface area contributed by atoms with Gasteiger partial charge in [-0.25, -0.2) is 15.0 Å². The number of rotatable bonds is 4. The van der Waals surface area contributed by atoms with E-state index in [1.165, 1.54) is 24.7 Å². The van der Waals surface area contributed by atoms with E-state index >= 15 is 0 Å². The summed E-state index contributed by atoms with van der Waals surface area (Å²) in [4.78, 5) is 23.6. The molecule has 3 aromatic rings. The van der Waals surface area contributed by atoms with Crippen LogP contribution in [0, 0.1) is 0 Å². The predicted molar refractivity (Wildman–Crippen MR) is 80.1 cm³/mol. The summed E-state index contributed by atoms with van der Waals surface area (Å²) in [5, 5.41) is 2.61. The van der Waals surface area contributed by atoms with E-state index in [2.05, 4.69) is 20.3 Å². The Balaban J connectivity index is 1.68. The third-order valence-electron chi connectivity index (χ3n) is 3.26. The average molecular weight is 348 g/mol. The maximum absolute atomic E-state index is 12.6. The van der Waals surface area contributed by atoms with Gasteiger partial charge < -0.3 is 9.73 Å². The van der Waals surface area contributed by atoms with E-state index in [1.54, 1.807) is 12.4 Å². The number of oxazole rings is 1. The fraction of sp³-hybridized carbons (Fsp3) is 0.125. The Labute approximate surface area is 139 Å². The van der Waals surface area contributed by atoms with Crippen LogP contribution < -0.4 is 5.32 Å². The summed E-state index contributed by atoms with van der Waals surface area (Å²) < 4.78 is 43.0. The number of nitrogens with zero attached hydrogens (tertiary/aromatic N) is 3. The van der Waals surface area contributed by atoms with Crippen LogP contribution in [0.3, 0.4) is 0 Å². The molecule has 1 aromatic carbocycles. The highest BCUT2D eigenvalue weighted by molar-refractivity contribution is 5.91. The first-order chi connectivity index (χ1) is 11.9. The topological polar surface area (TPSA) is 80.9 Å². The van der Waals surface area contributed by atoms with Crippen molar-refractivity contribution in [3.05, 3.63) is 66.1 Å². The largest absolute Gasteiger partial charge is 0.431 e. The van der Waals surface area contributed by atoms with E-state index in [0.717, 1.165) is 12.1 Å². The van der Waals surface area contributed by atoms with Crippen molar-refractivity contribution >= 4 is 5.91 Å². The molecule has 0 aliphatic carbocycles. The normalized spacial score (nSPS) is 11.3. The maximum atomic E-state index is 12.6. The van der Waals surface area contributed by atoms with E-state index in [4.69, 9.17) is 4.42 Å². The maximum Gasteiger partial charge on any atom is 0.416 e. The molecule has 0 saturated carbocycles.